The van der Waals surface area contributed by atoms with Gasteiger partial charge < -0.3 is 0 Å². The molecular formula is C94H58N4. The number of fused-ring (bicyclic) bond motifs is 18. The summed E-state index contributed by atoms with van der Waals surface area (Å²) in [5.74, 6) is 1.78. The van der Waals surface area contributed by atoms with Gasteiger partial charge in [0.25, 0.3) is 0 Å². The van der Waals surface area contributed by atoms with E-state index in [-0.39, 0.29) is 0 Å². The molecule has 0 aliphatic heterocycles. The third-order valence-electron chi connectivity index (χ3n) is 20.5. The smallest absolute Gasteiger partial charge is 0.138 e. The summed E-state index contributed by atoms with van der Waals surface area (Å²) in [6, 6.07) is 127. The van der Waals surface area contributed by atoms with Gasteiger partial charge in [-0.25, -0.2) is 9.97 Å². The van der Waals surface area contributed by atoms with E-state index in [2.05, 4.69) is 355 Å². The van der Waals surface area contributed by atoms with Crippen LogP contribution >= 0.6 is 0 Å². The number of aromatic nitrogens is 4. The normalized spacial score (nSPS) is 11.9. The van der Waals surface area contributed by atoms with Crippen LogP contribution in [-0.2, 0) is 0 Å². The zero-order valence-corrected chi connectivity index (χ0v) is 53.3. The molecule has 20 rings (SSSR count). The Balaban J connectivity index is 0.598. The highest BCUT2D eigenvalue weighted by Gasteiger charge is 2.20. The Morgan fingerprint density at radius 2 is 0.531 bits per heavy atom. The minimum atomic E-state index is 0.878. The molecule has 0 bridgehead atoms. The number of para-hydroxylation sites is 3. The molecular weight excluding hydrogens is 1190 g/mol. The minimum Gasteiger partial charge on any atom is -0.294 e. The van der Waals surface area contributed by atoms with Crippen LogP contribution in [-0.4, -0.2) is 19.1 Å². The molecule has 4 nitrogen and oxygen atoms in total. The number of rotatable bonds is 9. The first kappa shape index (κ1) is 55.4. The Morgan fingerprint density at radius 1 is 0.184 bits per heavy atom. The second-order valence-corrected chi connectivity index (χ2v) is 25.9. The zero-order valence-electron chi connectivity index (χ0n) is 53.3. The van der Waals surface area contributed by atoms with Crippen LogP contribution in [0, 0.1) is 0 Å². The Kier molecular flexibility index (Phi) is 12.6. The predicted molar refractivity (Wildman–Crippen MR) is 414 cm³/mol. The molecule has 0 atom stereocenters. The Morgan fingerprint density at radius 3 is 1.07 bits per heavy atom. The molecule has 0 saturated heterocycles. The third kappa shape index (κ3) is 8.92. The van der Waals surface area contributed by atoms with E-state index in [4.69, 9.17) is 9.97 Å². The average Bonchev–Trinajstić information content (AvgIpc) is 1.12. The number of hydrogen-bond donors (Lipinski definition) is 0. The summed E-state index contributed by atoms with van der Waals surface area (Å²) >= 11 is 0. The van der Waals surface area contributed by atoms with Gasteiger partial charge in [-0.3, -0.25) is 9.13 Å². The quantitative estimate of drug-likeness (QED) is 0.135. The number of pyridine rings is 2. The van der Waals surface area contributed by atoms with Crippen LogP contribution < -0.4 is 0 Å². The molecule has 0 amide bonds. The molecule has 0 aliphatic rings. The van der Waals surface area contributed by atoms with Crippen molar-refractivity contribution in [2.45, 2.75) is 0 Å². The Bertz CT molecular complexity index is 6550. The first-order valence-corrected chi connectivity index (χ1v) is 33.7. The van der Waals surface area contributed by atoms with E-state index in [1.54, 1.807) is 0 Å². The van der Waals surface area contributed by atoms with Gasteiger partial charge in [0.15, 0.2) is 0 Å². The van der Waals surface area contributed by atoms with E-state index in [9.17, 15) is 0 Å². The SMILES string of the molecule is c1cc(-c2ccc(-n3c4ccccc4c4cc(-c5cccc6c7ccc(-c8cccc(-c9ccc(-c%10cccc(-n%11c%12ccccc%12c%12ccccc%12%11)n%10)cc9)c8)cc7c7ccccc7c56)ccc43)nc2)cc(-c2cccc(-c3ccc4c5ccccc5c5ccccc5c4c3)c2)c1. The fourth-order valence-corrected chi connectivity index (χ4v) is 15.9. The molecule has 0 fully saturated rings. The highest BCUT2D eigenvalue weighted by Crippen LogP contribution is 2.45. The first-order valence-electron chi connectivity index (χ1n) is 33.7. The third-order valence-corrected chi connectivity index (χ3v) is 20.5. The summed E-state index contributed by atoms with van der Waals surface area (Å²) in [5.41, 5.74) is 20.5. The highest BCUT2D eigenvalue weighted by atomic mass is 15.1. The molecule has 0 aliphatic carbocycles. The molecule has 0 radical (unpaired) electrons. The van der Waals surface area contributed by atoms with E-state index in [1.807, 2.05) is 6.20 Å². The van der Waals surface area contributed by atoms with Crippen LogP contribution in [0.4, 0.5) is 0 Å². The summed E-state index contributed by atoms with van der Waals surface area (Å²) in [6.45, 7) is 0. The van der Waals surface area contributed by atoms with Crippen molar-refractivity contribution in [3.63, 3.8) is 0 Å². The molecule has 4 aromatic heterocycles. The predicted octanol–water partition coefficient (Wildman–Crippen LogP) is 25.3. The first-order chi connectivity index (χ1) is 48.6. The Labute approximate surface area is 565 Å². The largest absolute Gasteiger partial charge is 0.294 e. The lowest BCUT2D eigenvalue weighted by atomic mass is 9.88. The van der Waals surface area contributed by atoms with Gasteiger partial charge in [-0.05, 0) is 211 Å². The van der Waals surface area contributed by atoms with Crippen LogP contribution in [0.1, 0.15) is 0 Å². The van der Waals surface area contributed by atoms with Crippen LogP contribution in [0.2, 0.25) is 0 Å². The molecule has 4 heteroatoms. The lowest BCUT2D eigenvalue weighted by molar-refractivity contribution is 1.08. The second kappa shape index (κ2) is 22.3. The van der Waals surface area contributed by atoms with Crippen molar-refractivity contribution in [1.82, 2.24) is 19.1 Å². The molecule has 16 aromatic carbocycles. The van der Waals surface area contributed by atoms with Gasteiger partial charge in [-0.15, -0.1) is 0 Å². The van der Waals surface area contributed by atoms with Crippen molar-refractivity contribution in [3.8, 4) is 89.7 Å². The molecule has 4 heterocycles. The van der Waals surface area contributed by atoms with Crippen molar-refractivity contribution < 1.29 is 0 Å². The topological polar surface area (TPSA) is 35.6 Å². The highest BCUT2D eigenvalue weighted by molar-refractivity contribution is 6.29. The summed E-state index contributed by atoms with van der Waals surface area (Å²) in [7, 11) is 0. The van der Waals surface area contributed by atoms with Crippen molar-refractivity contribution in [2.75, 3.05) is 0 Å². The summed E-state index contributed by atoms with van der Waals surface area (Å²) in [4.78, 5) is 10.5. The zero-order chi connectivity index (χ0) is 64.4. The minimum absolute atomic E-state index is 0.878. The Hall–Kier alpha value is -13.0. The van der Waals surface area contributed by atoms with Crippen LogP contribution in [0.15, 0.2) is 352 Å². The number of nitrogens with zero attached hydrogens (tertiary/aromatic N) is 4. The van der Waals surface area contributed by atoms with Crippen molar-refractivity contribution in [2.24, 2.45) is 0 Å². The molecule has 20 aromatic rings. The van der Waals surface area contributed by atoms with Gasteiger partial charge in [0.1, 0.15) is 11.6 Å². The molecule has 454 valence electrons. The maximum atomic E-state index is 5.25. The lowest BCUT2D eigenvalue weighted by Crippen LogP contribution is -1.98. The monoisotopic (exact) mass is 1240 g/mol. The van der Waals surface area contributed by atoms with E-state index in [0.717, 1.165) is 67.2 Å². The molecule has 0 spiro atoms. The number of hydrogen-bond acceptors (Lipinski definition) is 2. The fraction of sp³-hybridized carbons (Fsp3) is 0. The number of benzene rings is 16. The van der Waals surface area contributed by atoms with Gasteiger partial charge in [-0.1, -0.05) is 261 Å². The van der Waals surface area contributed by atoms with Crippen LogP contribution in [0.3, 0.4) is 0 Å². The average molecular weight is 1240 g/mol. The maximum Gasteiger partial charge on any atom is 0.138 e. The molecule has 98 heavy (non-hydrogen) atoms. The van der Waals surface area contributed by atoms with Crippen LogP contribution in [0.25, 0.3) is 198 Å². The van der Waals surface area contributed by atoms with Gasteiger partial charge in [0, 0.05) is 38.9 Å². The van der Waals surface area contributed by atoms with Gasteiger partial charge in [-0.2, -0.15) is 0 Å². The van der Waals surface area contributed by atoms with E-state index in [0.29, 0.717) is 0 Å². The van der Waals surface area contributed by atoms with Gasteiger partial charge in [0.2, 0.25) is 0 Å². The molecule has 0 unspecified atom stereocenters. The summed E-state index contributed by atoms with van der Waals surface area (Å²) in [6.07, 6.45) is 2.03. The molecule has 0 saturated carbocycles. The summed E-state index contributed by atoms with van der Waals surface area (Å²) in [5, 5.41) is 20.0. The van der Waals surface area contributed by atoms with E-state index < -0.39 is 0 Å². The van der Waals surface area contributed by atoms with Gasteiger partial charge in [0.05, 0.1) is 27.8 Å². The van der Waals surface area contributed by atoms with E-state index >= 15 is 0 Å². The van der Waals surface area contributed by atoms with E-state index in [1.165, 1.54) is 131 Å². The molecule has 0 N–H and O–H groups in total. The fourth-order valence-electron chi connectivity index (χ4n) is 15.9. The van der Waals surface area contributed by atoms with Crippen molar-refractivity contribution in [3.05, 3.63) is 352 Å². The van der Waals surface area contributed by atoms with Crippen molar-refractivity contribution >= 4 is 108 Å². The van der Waals surface area contributed by atoms with Crippen LogP contribution in [0.5, 0.6) is 0 Å². The van der Waals surface area contributed by atoms with Crippen molar-refractivity contribution in [1.29, 1.82) is 0 Å². The van der Waals surface area contributed by atoms with Gasteiger partial charge >= 0.3 is 0 Å². The lowest BCUT2D eigenvalue weighted by Gasteiger charge is -2.16. The standard InChI is InChI=1S/C94H58N4/c1-2-26-74-72(24-1)73-25-3-4-27-75(73)84-55-67(44-48-77(74)84)65-22-14-19-62(53-65)63-20-15-23-66(54-63)70-47-51-92(95-58-70)97-90-38-12-9-31-81(90)86-57-69(46-50-91(86)97)71-33-16-34-83-78-49-45-68(56-85(78)76-28-5-6-32-82(76)94(71)83)64-21-13-18-61(52-64)59-40-42-60(43-41-59)87-35-17-39-93(96-87)98-88-36-10-7-29-79(88)80-30-8-11-37-89(80)98/h1-58H. The maximum absolute atomic E-state index is 5.25. The second-order valence-electron chi connectivity index (χ2n) is 25.9. The summed E-state index contributed by atoms with van der Waals surface area (Å²) < 4.78 is 4.60.